The van der Waals surface area contributed by atoms with Crippen molar-refractivity contribution in [2.75, 3.05) is 26.0 Å². The largest absolute Gasteiger partial charge is 0.496 e. The average molecular weight is 671 g/mol. The Bertz CT molecular complexity index is 1670. The van der Waals surface area contributed by atoms with Gasteiger partial charge in [-0.1, -0.05) is 79.7 Å². The first kappa shape index (κ1) is 35.0. The maximum absolute atomic E-state index is 12.2. The molecule has 9 nitrogen and oxygen atoms in total. The molecule has 4 unspecified atom stereocenters. The van der Waals surface area contributed by atoms with Crippen LogP contribution in [-0.4, -0.2) is 49.2 Å². The molecule has 252 valence electrons. The second kappa shape index (κ2) is 17.2. The Morgan fingerprint density at radius 2 is 1.60 bits per heavy atom. The summed E-state index contributed by atoms with van der Waals surface area (Å²) in [5, 5.41) is 14.9. The maximum atomic E-state index is 12.2. The van der Waals surface area contributed by atoms with Gasteiger partial charge in [-0.25, -0.2) is 4.79 Å². The van der Waals surface area contributed by atoms with Crippen LogP contribution in [-0.2, 0) is 32.2 Å². The summed E-state index contributed by atoms with van der Waals surface area (Å²) < 4.78 is 23.8. The van der Waals surface area contributed by atoms with E-state index in [9.17, 15) is 14.7 Å². The molecule has 48 heavy (non-hydrogen) atoms. The van der Waals surface area contributed by atoms with Crippen LogP contribution in [0.4, 0.5) is 4.79 Å². The molecule has 0 spiro atoms. The van der Waals surface area contributed by atoms with Gasteiger partial charge in [0.2, 0.25) is 0 Å². The molecule has 10 heteroatoms. The van der Waals surface area contributed by atoms with Crippen LogP contribution in [0.25, 0.3) is 11.1 Å². The van der Waals surface area contributed by atoms with Crippen LogP contribution in [0.5, 0.6) is 5.75 Å². The molecule has 5 rings (SSSR count). The molecular formula is C38H42N2O7S. The highest BCUT2D eigenvalue weighted by Gasteiger charge is 2.38. The van der Waals surface area contributed by atoms with E-state index in [0.29, 0.717) is 5.75 Å². The first-order valence-corrected chi connectivity index (χ1v) is 17.0. The summed E-state index contributed by atoms with van der Waals surface area (Å²) >= 11 is 1.70. The van der Waals surface area contributed by atoms with Crippen LogP contribution in [0.15, 0.2) is 102 Å². The van der Waals surface area contributed by atoms with Crippen molar-refractivity contribution in [1.29, 1.82) is 0 Å². The normalized spacial score (nSPS) is 18.9. The molecule has 1 saturated heterocycles. The highest BCUT2D eigenvalue weighted by Crippen LogP contribution is 2.44. The van der Waals surface area contributed by atoms with E-state index in [-0.39, 0.29) is 44.4 Å². The smallest absolute Gasteiger partial charge is 0.325 e. The van der Waals surface area contributed by atoms with Gasteiger partial charge < -0.3 is 34.7 Å². The first-order chi connectivity index (χ1) is 23.4. The van der Waals surface area contributed by atoms with E-state index in [4.69, 9.17) is 18.9 Å². The van der Waals surface area contributed by atoms with Gasteiger partial charge in [0.15, 0.2) is 6.29 Å². The molecule has 4 atom stereocenters. The molecule has 0 saturated carbocycles. The summed E-state index contributed by atoms with van der Waals surface area (Å²) in [6, 6.07) is 31.5. The quantitative estimate of drug-likeness (QED) is 0.105. The lowest BCUT2D eigenvalue weighted by Crippen LogP contribution is -2.38. The van der Waals surface area contributed by atoms with Crippen molar-refractivity contribution >= 4 is 23.8 Å². The van der Waals surface area contributed by atoms with Gasteiger partial charge in [-0.15, -0.1) is 11.8 Å². The predicted octanol–water partition coefficient (Wildman–Crippen LogP) is 6.80. The average Bonchev–Trinajstić information content (AvgIpc) is 3.13. The third-order valence-corrected chi connectivity index (χ3v) is 9.31. The Morgan fingerprint density at radius 1 is 0.854 bits per heavy atom. The van der Waals surface area contributed by atoms with Gasteiger partial charge in [0.05, 0.1) is 32.5 Å². The molecule has 4 aromatic rings. The van der Waals surface area contributed by atoms with Gasteiger partial charge in [-0.3, -0.25) is 4.79 Å². The van der Waals surface area contributed by atoms with Crippen LogP contribution in [0, 0.1) is 5.92 Å². The zero-order chi connectivity index (χ0) is 33.9. The number of amides is 2. The number of esters is 1. The van der Waals surface area contributed by atoms with Crippen molar-refractivity contribution in [1.82, 2.24) is 10.6 Å². The molecule has 1 fully saturated rings. The Hall–Kier alpha value is -4.35. The molecule has 0 radical (unpaired) electrons. The number of nitrogens with one attached hydrogen (secondary N) is 2. The van der Waals surface area contributed by atoms with E-state index in [1.165, 1.54) is 0 Å². The summed E-state index contributed by atoms with van der Waals surface area (Å²) in [7, 11) is 1.68. The molecule has 4 aromatic carbocycles. The van der Waals surface area contributed by atoms with Crippen molar-refractivity contribution in [2.45, 2.75) is 50.4 Å². The molecule has 3 N–H and O–H groups in total. The number of aliphatic hydroxyl groups excluding tert-OH is 1. The Balaban J connectivity index is 1.33. The lowest BCUT2D eigenvalue weighted by molar-refractivity contribution is -0.268. The molecule has 0 aliphatic carbocycles. The molecular weight excluding hydrogens is 628 g/mol. The topological polar surface area (TPSA) is 115 Å². The number of thioether (sulfide) groups is 1. The summed E-state index contributed by atoms with van der Waals surface area (Å²) in [6.07, 6.45) is -0.970. The van der Waals surface area contributed by atoms with Gasteiger partial charge in [0.25, 0.3) is 0 Å². The number of benzene rings is 4. The second-order valence-electron chi connectivity index (χ2n) is 11.5. The van der Waals surface area contributed by atoms with Crippen LogP contribution < -0.4 is 15.4 Å². The van der Waals surface area contributed by atoms with E-state index in [0.717, 1.165) is 44.0 Å². The van der Waals surface area contributed by atoms with Gasteiger partial charge >= 0.3 is 12.0 Å². The first-order valence-electron chi connectivity index (χ1n) is 16.0. The minimum Gasteiger partial charge on any atom is -0.496 e. The van der Waals surface area contributed by atoms with E-state index in [1.807, 2.05) is 84.9 Å². The van der Waals surface area contributed by atoms with Crippen LogP contribution in [0.1, 0.15) is 48.5 Å². The van der Waals surface area contributed by atoms with E-state index < -0.39 is 18.3 Å². The Kier molecular flexibility index (Phi) is 12.5. The number of carbonyl (C=O) groups excluding carboxylic acids is 2. The molecule has 1 heterocycles. The van der Waals surface area contributed by atoms with Gasteiger partial charge in [-0.05, 0) is 59.0 Å². The number of aliphatic hydroxyl groups is 1. The zero-order valence-corrected chi connectivity index (χ0v) is 28.2. The molecule has 1 aliphatic heterocycles. The van der Waals surface area contributed by atoms with Crippen LogP contribution in [0.3, 0.4) is 0 Å². The van der Waals surface area contributed by atoms with Crippen molar-refractivity contribution in [3.63, 3.8) is 0 Å². The fourth-order valence-corrected chi connectivity index (χ4v) is 6.75. The maximum Gasteiger partial charge on any atom is 0.325 e. The third-order valence-electron chi connectivity index (χ3n) is 8.17. The molecule has 2 amide bonds. The minimum atomic E-state index is -0.611. The number of para-hydroxylation sites is 1. The monoisotopic (exact) mass is 670 g/mol. The summed E-state index contributed by atoms with van der Waals surface area (Å²) in [4.78, 5) is 24.8. The Labute approximate surface area is 286 Å². The van der Waals surface area contributed by atoms with E-state index in [2.05, 4.69) is 29.7 Å². The summed E-state index contributed by atoms with van der Waals surface area (Å²) in [5.41, 5.74) is 5.64. The van der Waals surface area contributed by atoms with Crippen molar-refractivity contribution < 1.29 is 33.6 Å². The van der Waals surface area contributed by atoms with Gasteiger partial charge in [-0.2, -0.15) is 0 Å². The number of carbonyl (C=O) groups is 2. The molecule has 0 aromatic heterocycles. The minimum absolute atomic E-state index is 0.0159. The number of methoxy groups -OCH3 is 1. The van der Waals surface area contributed by atoms with Crippen molar-refractivity contribution in [2.24, 2.45) is 5.92 Å². The van der Waals surface area contributed by atoms with Crippen LogP contribution in [0.2, 0.25) is 0 Å². The fourth-order valence-electron chi connectivity index (χ4n) is 5.55. The highest BCUT2D eigenvalue weighted by atomic mass is 32.2. The van der Waals surface area contributed by atoms with Crippen molar-refractivity contribution in [3.05, 3.63) is 119 Å². The fraction of sp³-hybridized carbons (Fsp3) is 0.316. The number of hydrogen-bond acceptors (Lipinski definition) is 8. The Morgan fingerprint density at radius 3 is 2.35 bits per heavy atom. The summed E-state index contributed by atoms with van der Waals surface area (Å²) in [5.74, 6) is 1.10. The standard InChI is InChI=1S/C38H42N2O7S/c1-4-45-35(42)22-40-38(43)39-21-27-9-7-10-29(19-27)30-11-8-12-31(20-30)37-46-33(24-48-34-14-6-5-13-32(34)44-3)25(2)36(47-37)28-17-15-26(23-41)16-18-28/h5-20,25,33,36-37,41H,4,21-24H2,1-3H3,(H2,39,40,43). The SMILES string of the molecule is CCOC(=O)CNC(=O)NCc1cccc(-c2cccc(C3OC(CSc4ccccc4OC)C(C)C(c4ccc(CO)cc4)O3)c2)c1. The van der Waals surface area contributed by atoms with E-state index >= 15 is 0 Å². The number of ether oxygens (including phenoxy) is 4. The van der Waals surface area contributed by atoms with Crippen LogP contribution >= 0.6 is 11.8 Å². The summed E-state index contributed by atoms with van der Waals surface area (Å²) in [6.45, 7) is 4.22. The van der Waals surface area contributed by atoms with E-state index in [1.54, 1.807) is 25.8 Å². The number of hydrogen-bond donors (Lipinski definition) is 3. The third kappa shape index (κ3) is 9.17. The highest BCUT2D eigenvalue weighted by molar-refractivity contribution is 7.99. The molecule has 0 bridgehead atoms. The van der Waals surface area contributed by atoms with Gasteiger partial charge in [0, 0.05) is 28.7 Å². The number of urea groups is 1. The van der Waals surface area contributed by atoms with Gasteiger partial charge in [0.1, 0.15) is 12.3 Å². The molecule has 1 aliphatic rings. The lowest BCUT2D eigenvalue weighted by Gasteiger charge is -2.41. The number of rotatable bonds is 13. The second-order valence-corrected chi connectivity index (χ2v) is 12.5. The lowest BCUT2D eigenvalue weighted by atomic mass is 9.91. The predicted molar refractivity (Wildman–Crippen MR) is 185 cm³/mol. The van der Waals surface area contributed by atoms with Crippen molar-refractivity contribution in [3.8, 4) is 16.9 Å². The zero-order valence-electron chi connectivity index (χ0n) is 27.4.